The summed E-state index contributed by atoms with van der Waals surface area (Å²) in [7, 11) is 1.58. The predicted octanol–water partition coefficient (Wildman–Crippen LogP) is 0.521. The van der Waals surface area contributed by atoms with Gasteiger partial charge in [-0.15, -0.1) is 0 Å². The Labute approximate surface area is 95.0 Å². The molecule has 4 heteroatoms. The van der Waals surface area contributed by atoms with Crippen LogP contribution in [0.2, 0.25) is 0 Å². The average molecular weight is 220 g/mol. The second kappa shape index (κ2) is 4.63. The lowest BCUT2D eigenvalue weighted by molar-refractivity contribution is 0.0840. The molecule has 0 bridgehead atoms. The molecule has 4 nitrogen and oxygen atoms in total. The molecule has 0 radical (unpaired) electrons. The van der Waals surface area contributed by atoms with E-state index in [1.165, 1.54) is 0 Å². The van der Waals surface area contributed by atoms with Crippen molar-refractivity contribution in [3.8, 4) is 5.75 Å². The highest BCUT2D eigenvalue weighted by atomic mass is 16.5. The van der Waals surface area contributed by atoms with Crippen LogP contribution in [0.25, 0.3) is 0 Å². The molecule has 2 N–H and O–H groups in total. The fourth-order valence-electron chi connectivity index (χ4n) is 1.90. The van der Waals surface area contributed by atoms with Gasteiger partial charge in [0.1, 0.15) is 5.75 Å². The molecular weight excluding hydrogens is 204 g/mol. The largest absolute Gasteiger partial charge is 0.496 e. The quantitative estimate of drug-likeness (QED) is 0.752. The van der Waals surface area contributed by atoms with Crippen molar-refractivity contribution in [2.75, 3.05) is 26.7 Å². The third-order valence-electron chi connectivity index (χ3n) is 2.76. The Kier molecular flexibility index (Phi) is 3.22. The third kappa shape index (κ3) is 2.23. The van der Waals surface area contributed by atoms with E-state index in [0.717, 1.165) is 13.1 Å². The van der Waals surface area contributed by atoms with Crippen molar-refractivity contribution in [3.05, 3.63) is 29.8 Å². The molecule has 2 rings (SSSR count). The van der Waals surface area contributed by atoms with E-state index in [2.05, 4.69) is 0 Å². The van der Waals surface area contributed by atoms with E-state index in [-0.39, 0.29) is 11.8 Å². The number of ketones is 1. The van der Waals surface area contributed by atoms with Crippen molar-refractivity contribution in [1.82, 2.24) is 4.90 Å². The number of likely N-dealkylation sites (tertiary alicyclic amines) is 1. The number of rotatable bonds is 4. The summed E-state index contributed by atoms with van der Waals surface area (Å²) >= 11 is 0. The fraction of sp³-hybridized carbons (Fsp3) is 0.417. The number of methoxy groups -OCH3 is 1. The van der Waals surface area contributed by atoms with Crippen molar-refractivity contribution in [3.63, 3.8) is 0 Å². The standard InChI is InChI=1S/C12H16N2O2/c1-16-12-5-3-2-4-10(12)11(15)8-14-6-9(13)7-14/h2-5,9H,6-8,13H2,1H3. The summed E-state index contributed by atoms with van der Waals surface area (Å²) in [5.74, 6) is 0.724. The molecule has 1 fully saturated rings. The van der Waals surface area contributed by atoms with Gasteiger partial charge in [0.15, 0.2) is 5.78 Å². The van der Waals surface area contributed by atoms with Crippen molar-refractivity contribution in [1.29, 1.82) is 0 Å². The maximum absolute atomic E-state index is 12.0. The first-order chi connectivity index (χ1) is 7.70. The van der Waals surface area contributed by atoms with Crippen LogP contribution in [0.3, 0.4) is 0 Å². The van der Waals surface area contributed by atoms with Gasteiger partial charge in [0.25, 0.3) is 0 Å². The SMILES string of the molecule is COc1ccccc1C(=O)CN1CC(N)C1. The van der Waals surface area contributed by atoms with Gasteiger partial charge in [-0.1, -0.05) is 12.1 Å². The molecule has 1 aromatic rings. The second-order valence-electron chi connectivity index (χ2n) is 4.08. The van der Waals surface area contributed by atoms with Crippen molar-refractivity contribution in [2.45, 2.75) is 6.04 Å². The zero-order valence-electron chi connectivity index (χ0n) is 9.35. The van der Waals surface area contributed by atoms with Crippen LogP contribution >= 0.6 is 0 Å². The molecule has 0 atom stereocenters. The first-order valence-corrected chi connectivity index (χ1v) is 5.35. The zero-order chi connectivity index (χ0) is 11.5. The van der Waals surface area contributed by atoms with Crippen molar-refractivity contribution in [2.24, 2.45) is 5.73 Å². The molecule has 1 aliphatic rings. The summed E-state index contributed by atoms with van der Waals surface area (Å²) in [5.41, 5.74) is 6.31. The normalized spacial score (nSPS) is 16.9. The molecular formula is C12H16N2O2. The molecule has 0 spiro atoms. The predicted molar refractivity (Wildman–Crippen MR) is 61.7 cm³/mol. The number of Topliss-reactive ketones (excluding diaryl/α,β-unsaturated/α-hetero) is 1. The van der Waals surface area contributed by atoms with Gasteiger partial charge in [0.05, 0.1) is 19.2 Å². The maximum Gasteiger partial charge on any atom is 0.180 e. The van der Waals surface area contributed by atoms with Crippen LogP contribution in [0.5, 0.6) is 5.75 Å². The first kappa shape index (κ1) is 11.1. The van der Waals surface area contributed by atoms with E-state index in [9.17, 15) is 4.79 Å². The van der Waals surface area contributed by atoms with Crippen LogP contribution < -0.4 is 10.5 Å². The number of benzene rings is 1. The number of nitrogens with two attached hydrogens (primary N) is 1. The second-order valence-corrected chi connectivity index (χ2v) is 4.08. The number of nitrogens with zero attached hydrogens (tertiary/aromatic N) is 1. The Bertz CT molecular complexity index is 386. The summed E-state index contributed by atoms with van der Waals surface area (Å²) in [4.78, 5) is 14.0. The third-order valence-corrected chi connectivity index (χ3v) is 2.76. The van der Waals surface area contributed by atoms with E-state index in [1.807, 2.05) is 17.0 Å². The molecule has 1 aromatic carbocycles. The van der Waals surface area contributed by atoms with Gasteiger partial charge in [-0.05, 0) is 12.1 Å². The number of hydrogen-bond acceptors (Lipinski definition) is 4. The first-order valence-electron chi connectivity index (χ1n) is 5.35. The zero-order valence-corrected chi connectivity index (χ0v) is 9.35. The minimum absolute atomic E-state index is 0.0874. The highest BCUT2D eigenvalue weighted by molar-refractivity contribution is 6.00. The summed E-state index contributed by atoms with van der Waals surface area (Å²) in [6.07, 6.45) is 0. The van der Waals surface area contributed by atoms with Gasteiger partial charge < -0.3 is 10.5 Å². The molecule has 0 amide bonds. The molecule has 1 saturated heterocycles. The number of para-hydroxylation sites is 1. The average Bonchev–Trinajstić information content (AvgIpc) is 2.27. The van der Waals surface area contributed by atoms with Gasteiger partial charge in [-0.2, -0.15) is 0 Å². The van der Waals surface area contributed by atoms with Gasteiger partial charge in [-0.3, -0.25) is 9.69 Å². The molecule has 1 heterocycles. The van der Waals surface area contributed by atoms with Crippen LogP contribution in [-0.4, -0.2) is 43.5 Å². The van der Waals surface area contributed by atoms with Crippen LogP contribution in [0, 0.1) is 0 Å². The lowest BCUT2D eigenvalue weighted by Gasteiger charge is -2.36. The van der Waals surface area contributed by atoms with Gasteiger partial charge in [0.2, 0.25) is 0 Å². The number of ether oxygens (including phenoxy) is 1. The maximum atomic E-state index is 12.0. The molecule has 86 valence electrons. The molecule has 0 aliphatic carbocycles. The lowest BCUT2D eigenvalue weighted by atomic mass is 10.1. The summed E-state index contributed by atoms with van der Waals surface area (Å²) in [5, 5.41) is 0. The van der Waals surface area contributed by atoms with Crippen LogP contribution in [-0.2, 0) is 0 Å². The minimum Gasteiger partial charge on any atom is -0.496 e. The number of carbonyl (C=O) groups is 1. The van der Waals surface area contributed by atoms with Gasteiger partial charge in [-0.25, -0.2) is 0 Å². The van der Waals surface area contributed by atoms with E-state index in [0.29, 0.717) is 17.9 Å². The Morgan fingerprint density at radius 2 is 2.19 bits per heavy atom. The van der Waals surface area contributed by atoms with E-state index >= 15 is 0 Å². The minimum atomic E-state index is 0.0874. The molecule has 1 aliphatic heterocycles. The van der Waals surface area contributed by atoms with E-state index < -0.39 is 0 Å². The molecule has 0 aromatic heterocycles. The molecule has 16 heavy (non-hydrogen) atoms. The summed E-state index contributed by atoms with van der Waals surface area (Å²) in [6, 6.07) is 7.52. The van der Waals surface area contributed by atoms with Crippen LogP contribution in [0.4, 0.5) is 0 Å². The summed E-state index contributed by atoms with van der Waals surface area (Å²) < 4.78 is 5.16. The van der Waals surface area contributed by atoms with Crippen LogP contribution in [0.15, 0.2) is 24.3 Å². The monoisotopic (exact) mass is 220 g/mol. The lowest BCUT2D eigenvalue weighted by Crippen LogP contribution is -2.56. The molecule has 0 saturated carbocycles. The fourth-order valence-corrected chi connectivity index (χ4v) is 1.90. The van der Waals surface area contributed by atoms with Crippen LogP contribution in [0.1, 0.15) is 10.4 Å². The number of carbonyl (C=O) groups excluding carboxylic acids is 1. The van der Waals surface area contributed by atoms with Gasteiger partial charge >= 0.3 is 0 Å². The topological polar surface area (TPSA) is 55.6 Å². The number of hydrogen-bond donors (Lipinski definition) is 1. The highest BCUT2D eigenvalue weighted by Crippen LogP contribution is 2.19. The van der Waals surface area contributed by atoms with Gasteiger partial charge in [0, 0.05) is 19.1 Å². The van der Waals surface area contributed by atoms with Crippen molar-refractivity contribution >= 4 is 5.78 Å². The highest BCUT2D eigenvalue weighted by Gasteiger charge is 2.25. The summed E-state index contributed by atoms with van der Waals surface area (Å²) in [6.45, 7) is 2.04. The van der Waals surface area contributed by atoms with Crippen molar-refractivity contribution < 1.29 is 9.53 Å². The Balaban J connectivity index is 2.03. The van der Waals surface area contributed by atoms with E-state index in [1.54, 1.807) is 19.2 Å². The van der Waals surface area contributed by atoms with E-state index in [4.69, 9.17) is 10.5 Å². The smallest absolute Gasteiger partial charge is 0.180 e. The Hall–Kier alpha value is -1.39. The molecule has 0 unspecified atom stereocenters. The Morgan fingerprint density at radius 1 is 1.50 bits per heavy atom. The Morgan fingerprint density at radius 3 is 2.81 bits per heavy atom.